The number of nitrogens with zero attached hydrogens (tertiary/aromatic N) is 3. The van der Waals surface area contributed by atoms with Crippen LogP contribution in [0.25, 0.3) is 0 Å². The average molecular weight is 336 g/mol. The highest BCUT2D eigenvalue weighted by Crippen LogP contribution is 2.37. The van der Waals surface area contributed by atoms with Crippen molar-refractivity contribution in [2.45, 2.75) is 11.2 Å². The Morgan fingerprint density at radius 1 is 1.27 bits per heavy atom. The van der Waals surface area contributed by atoms with E-state index in [1.807, 2.05) is 0 Å². The van der Waals surface area contributed by atoms with Gasteiger partial charge in [-0.15, -0.1) is 4.48 Å². The second kappa shape index (κ2) is 6.34. The molecule has 0 saturated heterocycles. The molecular formula is C12H9F5N4S. The van der Waals surface area contributed by atoms with Crippen molar-refractivity contribution in [2.24, 2.45) is 0 Å². The summed E-state index contributed by atoms with van der Waals surface area (Å²) in [7, 11) is 0.841. The van der Waals surface area contributed by atoms with Gasteiger partial charge in [-0.1, -0.05) is 6.07 Å². The Balaban J connectivity index is 2.22. The lowest BCUT2D eigenvalue weighted by atomic mass is 10.2. The van der Waals surface area contributed by atoms with E-state index in [1.165, 1.54) is 12.1 Å². The Morgan fingerprint density at radius 2 is 2.00 bits per heavy atom. The Hall–Kier alpha value is -2.10. The van der Waals surface area contributed by atoms with Crippen molar-refractivity contribution < 1.29 is 22.0 Å². The van der Waals surface area contributed by atoms with Crippen LogP contribution in [0.4, 0.5) is 33.5 Å². The summed E-state index contributed by atoms with van der Waals surface area (Å²) >= 11 is 0.702. The third-order valence-electron chi connectivity index (χ3n) is 2.47. The van der Waals surface area contributed by atoms with Gasteiger partial charge in [0, 0.05) is 19.0 Å². The molecule has 22 heavy (non-hydrogen) atoms. The molecule has 0 aliphatic carbocycles. The summed E-state index contributed by atoms with van der Waals surface area (Å²) < 4.78 is 67.2. The highest BCUT2D eigenvalue weighted by atomic mass is 32.2. The molecule has 0 radical (unpaired) electrons. The quantitative estimate of drug-likeness (QED) is 0.394. The number of nitrogens with one attached hydrogen (secondary N) is 1. The van der Waals surface area contributed by atoms with Crippen LogP contribution in [0.15, 0.2) is 35.5 Å². The number of rotatable bonds is 4. The first-order chi connectivity index (χ1) is 10.3. The SMILES string of the molecule is CN(F)c1cnc(SNc2cccc(F)n2)cc1C(F)(F)F. The smallest absolute Gasteiger partial charge is 0.309 e. The number of pyridine rings is 2. The molecule has 1 N–H and O–H groups in total. The van der Waals surface area contributed by atoms with Crippen LogP contribution >= 0.6 is 11.9 Å². The zero-order valence-electron chi connectivity index (χ0n) is 11.0. The van der Waals surface area contributed by atoms with Crippen molar-refractivity contribution in [1.29, 1.82) is 0 Å². The summed E-state index contributed by atoms with van der Waals surface area (Å²) in [4.78, 5) is 7.20. The lowest BCUT2D eigenvalue weighted by Gasteiger charge is -2.16. The molecule has 2 rings (SSSR count). The molecule has 2 heterocycles. The normalized spacial score (nSPS) is 11.4. The van der Waals surface area contributed by atoms with Crippen molar-refractivity contribution in [1.82, 2.24) is 9.97 Å². The minimum absolute atomic E-state index is 0.0658. The van der Waals surface area contributed by atoms with E-state index in [9.17, 15) is 22.0 Å². The molecule has 118 valence electrons. The van der Waals surface area contributed by atoms with Crippen LogP contribution in [0, 0.1) is 5.95 Å². The molecule has 0 aromatic carbocycles. The van der Waals surface area contributed by atoms with Gasteiger partial charge in [-0.25, -0.2) is 15.1 Å². The molecule has 2 aromatic rings. The lowest BCUT2D eigenvalue weighted by Crippen LogP contribution is -2.14. The van der Waals surface area contributed by atoms with E-state index in [0.29, 0.717) is 18.0 Å². The molecule has 0 atom stereocenters. The monoisotopic (exact) mass is 336 g/mol. The van der Waals surface area contributed by atoms with Crippen LogP contribution in [-0.4, -0.2) is 17.0 Å². The second-order valence-corrected chi connectivity index (χ2v) is 4.89. The number of aromatic nitrogens is 2. The molecule has 0 aliphatic rings. The maximum Gasteiger partial charge on any atom is 0.418 e. The first kappa shape index (κ1) is 16.3. The Morgan fingerprint density at radius 3 is 2.59 bits per heavy atom. The van der Waals surface area contributed by atoms with Crippen LogP contribution in [-0.2, 0) is 6.18 Å². The summed E-state index contributed by atoms with van der Waals surface area (Å²) in [6.07, 6.45) is -3.96. The molecule has 0 bridgehead atoms. The minimum Gasteiger partial charge on any atom is -0.309 e. The first-order valence-electron chi connectivity index (χ1n) is 5.79. The van der Waals surface area contributed by atoms with Gasteiger partial charge >= 0.3 is 6.18 Å². The lowest BCUT2D eigenvalue weighted by molar-refractivity contribution is -0.137. The van der Waals surface area contributed by atoms with Gasteiger partial charge in [0.1, 0.15) is 10.8 Å². The number of hydrogen-bond acceptors (Lipinski definition) is 5. The van der Waals surface area contributed by atoms with E-state index in [-0.39, 0.29) is 16.0 Å². The number of anilines is 2. The van der Waals surface area contributed by atoms with Crippen molar-refractivity contribution in [3.63, 3.8) is 0 Å². The van der Waals surface area contributed by atoms with Gasteiger partial charge in [-0.05, 0) is 18.2 Å². The average Bonchev–Trinajstić information content (AvgIpc) is 2.44. The third kappa shape index (κ3) is 3.97. The molecule has 4 nitrogen and oxygen atoms in total. The van der Waals surface area contributed by atoms with Gasteiger partial charge in [-0.2, -0.15) is 17.6 Å². The maximum atomic E-state index is 13.1. The predicted octanol–water partition coefficient (Wildman–Crippen LogP) is 4.07. The predicted molar refractivity (Wildman–Crippen MR) is 72.4 cm³/mol. The third-order valence-corrected chi connectivity index (χ3v) is 3.21. The van der Waals surface area contributed by atoms with Crippen LogP contribution in [0.1, 0.15) is 5.56 Å². The largest absolute Gasteiger partial charge is 0.418 e. The van der Waals surface area contributed by atoms with E-state index in [4.69, 9.17) is 0 Å². The van der Waals surface area contributed by atoms with Crippen molar-refractivity contribution in [2.75, 3.05) is 16.9 Å². The summed E-state index contributed by atoms with van der Waals surface area (Å²) in [5.74, 6) is -0.615. The van der Waals surface area contributed by atoms with Crippen LogP contribution in [0.3, 0.4) is 0 Å². The second-order valence-electron chi connectivity index (χ2n) is 4.06. The minimum atomic E-state index is -4.73. The van der Waals surface area contributed by atoms with E-state index < -0.39 is 23.4 Å². The van der Waals surface area contributed by atoms with Crippen LogP contribution in [0.2, 0.25) is 0 Å². The molecule has 0 fully saturated rings. The fourth-order valence-electron chi connectivity index (χ4n) is 1.53. The molecule has 10 heteroatoms. The molecule has 0 unspecified atom stereocenters. The maximum absolute atomic E-state index is 13.1. The van der Waals surface area contributed by atoms with Gasteiger partial charge in [0.15, 0.2) is 0 Å². The van der Waals surface area contributed by atoms with E-state index in [0.717, 1.165) is 19.3 Å². The molecule has 0 aliphatic heterocycles. The molecule has 0 amide bonds. The Labute approximate surface area is 126 Å². The molecule has 2 aromatic heterocycles. The highest BCUT2D eigenvalue weighted by molar-refractivity contribution is 8.00. The number of alkyl halides is 3. The van der Waals surface area contributed by atoms with Gasteiger partial charge in [0.05, 0.1) is 17.4 Å². The van der Waals surface area contributed by atoms with E-state index >= 15 is 0 Å². The summed E-state index contributed by atoms with van der Waals surface area (Å²) in [6.45, 7) is 0. The highest BCUT2D eigenvalue weighted by Gasteiger charge is 2.35. The number of hydrogen-bond donors (Lipinski definition) is 1. The van der Waals surface area contributed by atoms with Crippen molar-refractivity contribution >= 4 is 23.5 Å². The zero-order chi connectivity index (χ0) is 16.3. The summed E-state index contributed by atoms with van der Waals surface area (Å²) in [5.41, 5.74) is -1.86. The Kier molecular flexibility index (Phi) is 4.69. The van der Waals surface area contributed by atoms with E-state index in [1.54, 1.807) is 0 Å². The van der Waals surface area contributed by atoms with E-state index in [2.05, 4.69) is 14.7 Å². The standard InChI is InChI=1S/C12H9F5N4S/c1-21(17)8-6-18-11(5-7(8)12(14,15)16)22-20-10-4-2-3-9(13)19-10/h2-6H,1H3,(H,19,20). The zero-order valence-corrected chi connectivity index (χ0v) is 11.8. The molecule has 0 spiro atoms. The fourth-order valence-corrected chi connectivity index (χ4v) is 2.13. The summed E-state index contributed by atoms with van der Waals surface area (Å²) in [5, 5.41) is -0.227. The Bertz CT molecular complexity index is 662. The topological polar surface area (TPSA) is 41.1 Å². The van der Waals surface area contributed by atoms with Gasteiger partial charge < -0.3 is 4.72 Å². The molecule has 0 saturated carbocycles. The fraction of sp³-hybridized carbons (Fsp3) is 0.167. The van der Waals surface area contributed by atoms with Crippen molar-refractivity contribution in [3.05, 3.63) is 42.0 Å². The van der Waals surface area contributed by atoms with Gasteiger partial charge in [0.25, 0.3) is 0 Å². The molecular weight excluding hydrogens is 327 g/mol. The van der Waals surface area contributed by atoms with Crippen molar-refractivity contribution in [3.8, 4) is 0 Å². The first-order valence-corrected chi connectivity index (χ1v) is 6.61. The van der Waals surface area contributed by atoms with Crippen LogP contribution in [0.5, 0.6) is 0 Å². The van der Waals surface area contributed by atoms with Gasteiger partial charge in [0.2, 0.25) is 5.95 Å². The van der Waals surface area contributed by atoms with Gasteiger partial charge in [-0.3, -0.25) is 0 Å². The summed E-state index contributed by atoms with van der Waals surface area (Å²) in [6, 6.07) is 4.65. The van der Waals surface area contributed by atoms with Crippen LogP contribution < -0.4 is 9.84 Å². The number of halogens is 5.